The van der Waals surface area contributed by atoms with Crippen molar-refractivity contribution in [3.8, 4) is 22.8 Å². The lowest BCUT2D eigenvalue weighted by Crippen LogP contribution is -2.11. The van der Waals surface area contributed by atoms with E-state index >= 15 is 0 Å². The zero-order valence-electron chi connectivity index (χ0n) is 21.3. The van der Waals surface area contributed by atoms with Crippen LogP contribution in [0.4, 0.5) is 0 Å². The molecule has 2 heterocycles. The third-order valence-corrected chi connectivity index (χ3v) is 6.19. The molecule has 5 heteroatoms. The van der Waals surface area contributed by atoms with E-state index in [2.05, 4.69) is 62.2 Å². The predicted octanol–water partition coefficient (Wildman–Crippen LogP) is 7.29. The van der Waals surface area contributed by atoms with E-state index in [9.17, 15) is 0 Å². The van der Waals surface area contributed by atoms with Crippen molar-refractivity contribution in [3.05, 3.63) is 70.5 Å². The highest BCUT2D eigenvalue weighted by molar-refractivity contribution is 5.96. The summed E-state index contributed by atoms with van der Waals surface area (Å²) in [6, 6.07) is 14.7. The number of hydrogen-bond acceptors (Lipinski definition) is 4. The van der Waals surface area contributed by atoms with Gasteiger partial charge < -0.3 is 9.47 Å². The van der Waals surface area contributed by atoms with Gasteiger partial charge in [0.2, 0.25) is 0 Å². The number of aryl methyl sites for hydroxylation is 3. The molecule has 4 rings (SSSR count). The molecule has 2 aromatic carbocycles. The molecule has 178 valence electrons. The molecule has 2 aromatic heterocycles. The Hall–Kier alpha value is -3.34. The number of H-pyrrole nitrogens is 1. The summed E-state index contributed by atoms with van der Waals surface area (Å²) in [6.45, 7) is 15.1. The molecule has 0 radical (unpaired) electrons. The highest BCUT2D eigenvalue weighted by Crippen LogP contribution is 2.35. The third-order valence-electron chi connectivity index (χ3n) is 6.19. The van der Waals surface area contributed by atoms with Gasteiger partial charge in [-0.3, -0.25) is 10.1 Å². The summed E-state index contributed by atoms with van der Waals surface area (Å²) in [7, 11) is 0. The third kappa shape index (κ3) is 4.79. The molecule has 0 amide bonds. The summed E-state index contributed by atoms with van der Waals surface area (Å²) < 4.78 is 12.6. The maximum atomic E-state index is 6.32. The van der Waals surface area contributed by atoms with Crippen molar-refractivity contribution in [2.45, 2.75) is 73.5 Å². The van der Waals surface area contributed by atoms with E-state index in [0.29, 0.717) is 12.5 Å². The number of hydrogen-bond donors (Lipinski definition) is 1. The zero-order chi connectivity index (χ0) is 24.4. The molecule has 4 aromatic rings. The van der Waals surface area contributed by atoms with Crippen molar-refractivity contribution >= 4 is 10.9 Å². The van der Waals surface area contributed by atoms with Gasteiger partial charge in [-0.25, -0.2) is 0 Å². The largest absolute Gasteiger partial charge is 0.490 e. The van der Waals surface area contributed by atoms with Gasteiger partial charge in [0.15, 0.2) is 0 Å². The fourth-order valence-corrected chi connectivity index (χ4v) is 4.23. The average molecular weight is 458 g/mol. The first-order valence-corrected chi connectivity index (χ1v) is 12.1. The molecule has 0 aliphatic rings. The smallest absolute Gasteiger partial charge is 0.130 e. The summed E-state index contributed by atoms with van der Waals surface area (Å²) in [6.07, 6.45) is 0.915. The van der Waals surface area contributed by atoms with E-state index in [1.165, 1.54) is 5.56 Å². The zero-order valence-corrected chi connectivity index (χ0v) is 21.3. The van der Waals surface area contributed by atoms with Gasteiger partial charge in [-0.2, -0.15) is 5.10 Å². The van der Waals surface area contributed by atoms with E-state index < -0.39 is 0 Å². The molecule has 0 saturated heterocycles. The van der Waals surface area contributed by atoms with E-state index in [1.54, 1.807) is 0 Å². The summed E-state index contributed by atoms with van der Waals surface area (Å²) in [4.78, 5) is 5.00. The van der Waals surface area contributed by atoms with Crippen molar-refractivity contribution in [2.75, 3.05) is 0 Å². The first-order chi connectivity index (χ1) is 16.3. The molecule has 0 fully saturated rings. The van der Waals surface area contributed by atoms with Crippen molar-refractivity contribution in [1.82, 2.24) is 15.2 Å². The number of fused-ring (bicyclic) bond motifs is 1. The number of aromatic nitrogens is 3. The van der Waals surface area contributed by atoms with Crippen molar-refractivity contribution < 1.29 is 9.47 Å². The Morgan fingerprint density at radius 3 is 2.47 bits per heavy atom. The van der Waals surface area contributed by atoms with Gasteiger partial charge in [0.25, 0.3) is 0 Å². The maximum absolute atomic E-state index is 6.32. The van der Waals surface area contributed by atoms with Crippen LogP contribution in [0.5, 0.6) is 11.5 Å². The minimum absolute atomic E-state index is 0.0373. The Kier molecular flexibility index (Phi) is 6.92. The van der Waals surface area contributed by atoms with Gasteiger partial charge in [-0.15, -0.1) is 0 Å². The van der Waals surface area contributed by atoms with Crippen molar-refractivity contribution in [2.24, 2.45) is 0 Å². The molecule has 34 heavy (non-hydrogen) atoms. The first kappa shape index (κ1) is 23.8. The minimum atomic E-state index is 0.0373. The fraction of sp³-hybridized carbons (Fsp3) is 0.379. The second kappa shape index (κ2) is 9.88. The lowest BCUT2D eigenvalue weighted by Gasteiger charge is -2.19. The number of pyridine rings is 1. The van der Waals surface area contributed by atoms with E-state index in [4.69, 9.17) is 14.5 Å². The number of nitrogens with one attached hydrogen (secondary N) is 1. The molecule has 0 saturated carbocycles. The number of ether oxygens (including phenoxy) is 2. The SMILES string of the molecule is CCc1[nH]nc2cccc(-c3cc(OC(C)C)c(COc4cc(C(C)C)ccc4C)c(C)n3)c12. The Bertz CT molecular complexity index is 1300. The number of rotatable bonds is 8. The second-order valence-corrected chi connectivity index (χ2v) is 9.46. The quantitative estimate of drug-likeness (QED) is 0.302. The minimum Gasteiger partial charge on any atom is -0.490 e. The van der Waals surface area contributed by atoms with Gasteiger partial charge in [0, 0.05) is 28.4 Å². The second-order valence-electron chi connectivity index (χ2n) is 9.46. The topological polar surface area (TPSA) is 60.0 Å². The Morgan fingerprint density at radius 2 is 1.76 bits per heavy atom. The molecule has 0 unspecified atom stereocenters. The molecule has 0 atom stereocenters. The highest BCUT2D eigenvalue weighted by atomic mass is 16.5. The number of benzene rings is 2. The van der Waals surface area contributed by atoms with Crippen LogP contribution in [-0.4, -0.2) is 21.3 Å². The normalized spacial score (nSPS) is 11.6. The van der Waals surface area contributed by atoms with Gasteiger partial charge in [-0.1, -0.05) is 45.0 Å². The van der Waals surface area contributed by atoms with Crippen LogP contribution < -0.4 is 9.47 Å². The van der Waals surface area contributed by atoms with E-state index in [-0.39, 0.29) is 6.10 Å². The summed E-state index contributed by atoms with van der Waals surface area (Å²) in [5, 5.41) is 8.77. The Morgan fingerprint density at radius 1 is 0.971 bits per heavy atom. The van der Waals surface area contributed by atoms with E-state index in [1.807, 2.05) is 39.0 Å². The summed E-state index contributed by atoms with van der Waals surface area (Å²) in [5.74, 6) is 2.17. The maximum Gasteiger partial charge on any atom is 0.130 e. The monoisotopic (exact) mass is 457 g/mol. The van der Waals surface area contributed by atoms with Crippen LogP contribution in [-0.2, 0) is 13.0 Å². The van der Waals surface area contributed by atoms with Crippen LogP contribution in [0.25, 0.3) is 22.2 Å². The fourth-order valence-electron chi connectivity index (χ4n) is 4.23. The predicted molar refractivity (Wildman–Crippen MR) is 139 cm³/mol. The molecule has 0 aliphatic heterocycles. The summed E-state index contributed by atoms with van der Waals surface area (Å²) in [5.41, 5.74) is 8.29. The Labute approximate surface area is 202 Å². The van der Waals surface area contributed by atoms with Crippen LogP contribution in [0, 0.1) is 13.8 Å². The van der Waals surface area contributed by atoms with Crippen molar-refractivity contribution in [3.63, 3.8) is 0 Å². The van der Waals surface area contributed by atoms with Crippen LogP contribution in [0.2, 0.25) is 0 Å². The lowest BCUT2D eigenvalue weighted by atomic mass is 10.0. The first-order valence-electron chi connectivity index (χ1n) is 12.1. The van der Waals surface area contributed by atoms with Crippen LogP contribution in [0.15, 0.2) is 42.5 Å². The number of aromatic amines is 1. The van der Waals surface area contributed by atoms with E-state index in [0.717, 1.165) is 62.6 Å². The molecule has 0 spiro atoms. The average Bonchev–Trinajstić information content (AvgIpc) is 3.22. The number of nitrogens with zero attached hydrogens (tertiary/aromatic N) is 2. The van der Waals surface area contributed by atoms with Crippen LogP contribution >= 0.6 is 0 Å². The van der Waals surface area contributed by atoms with Gasteiger partial charge >= 0.3 is 0 Å². The Balaban J connectivity index is 1.75. The molecule has 1 N–H and O–H groups in total. The molecular formula is C29H35N3O2. The van der Waals surface area contributed by atoms with Gasteiger partial charge in [-0.05, 0) is 63.3 Å². The van der Waals surface area contributed by atoms with Crippen LogP contribution in [0.1, 0.15) is 68.6 Å². The van der Waals surface area contributed by atoms with Crippen LogP contribution in [0.3, 0.4) is 0 Å². The molecule has 0 bridgehead atoms. The summed E-state index contributed by atoms with van der Waals surface area (Å²) >= 11 is 0. The molecular weight excluding hydrogens is 422 g/mol. The van der Waals surface area contributed by atoms with Gasteiger partial charge in [0.05, 0.1) is 22.9 Å². The van der Waals surface area contributed by atoms with Crippen molar-refractivity contribution in [1.29, 1.82) is 0 Å². The standard InChI is InChI=1S/C29H35N3O2/c1-8-24-29-22(10-9-11-25(29)32-31-24)26-15-28(34-18(4)5)23(20(7)30-26)16-33-27-14-21(17(2)3)13-12-19(27)6/h9-15,17-18H,8,16H2,1-7H3,(H,31,32). The van der Waals surface area contributed by atoms with Gasteiger partial charge in [0.1, 0.15) is 18.1 Å². The highest BCUT2D eigenvalue weighted by Gasteiger charge is 2.18. The molecule has 0 aliphatic carbocycles. The lowest BCUT2D eigenvalue weighted by molar-refractivity contribution is 0.229. The molecule has 5 nitrogen and oxygen atoms in total.